The third-order valence-corrected chi connectivity index (χ3v) is 7.18. The molecule has 0 bridgehead atoms. The summed E-state index contributed by atoms with van der Waals surface area (Å²) < 4.78 is 27.9. The maximum atomic E-state index is 11.4. The average molecular weight is 461 g/mol. The van der Waals surface area contributed by atoms with E-state index in [9.17, 15) is 18.5 Å². The summed E-state index contributed by atoms with van der Waals surface area (Å²) in [6.45, 7) is 5.91. The van der Waals surface area contributed by atoms with Crippen molar-refractivity contribution in [2.45, 2.75) is 18.9 Å². The van der Waals surface area contributed by atoms with Crippen LogP contribution in [0, 0.1) is 10.1 Å². The van der Waals surface area contributed by atoms with Gasteiger partial charge in [-0.15, -0.1) is 0 Å². The molecule has 9 nitrogen and oxygen atoms in total. The summed E-state index contributed by atoms with van der Waals surface area (Å²) in [6, 6.07) is 3.50. The molecule has 2 heterocycles. The van der Waals surface area contributed by atoms with Gasteiger partial charge in [-0.1, -0.05) is 11.6 Å². The van der Waals surface area contributed by atoms with E-state index < -0.39 is 14.8 Å². The number of hydrogen-bond donors (Lipinski definition) is 0. The standard InChI is InChI=1S/C19H29ClN4O5S/c1-29-19-14-17(16(20)13-18(19)24(25)26)23-5-3-15(4-6-23)22-9-7-21(8-10-22)11-12-30(2,27)28/h13-15H,3-12H2,1-2H3. The highest BCUT2D eigenvalue weighted by molar-refractivity contribution is 7.90. The number of nitro groups is 1. The summed E-state index contributed by atoms with van der Waals surface area (Å²) in [5, 5.41) is 11.5. The lowest BCUT2D eigenvalue weighted by Crippen LogP contribution is -2.53. The van der Waals surface area contributed by atoms with Gasteiger partial charge in [-0.3, -0.25) is 19.9 Å². The molecule has 0 saturated carbocycles. The summed E-state index contributed by atoms with van der Waals surface area (Å²) >= 11 is 6.34. The van der Waals surface area contributed by atoms with Gasteiger partial charge < -0.3 is 9.64 Å². The Bertz CT molecular complexity index is 866. The molecule has 2 aliphatic rings. The first-order valence-corrected chi connectivity index (χ1v) is 12.5. The van der Waals surface area contributed by atoms with Crippen molar-refractivity contribution in [3.05, 3.63) is 27.3 Å². The van der Waals surface area contributed by atoms with E-state index in [0.717, 1.165) is 57.8 Å². The van der Waals surface area contributed by atoms with Gasteiger partial charge >= 0.3 is 5.69 Å². The predicted octanol–water partition coefficient (Wildman–Crippen LogP) is 1.89. The van der Waals surface area contributed by atoms with Crippen molar-refractivity contribution in [1.82, 2.24) is 9.80 Å². The third kappa shape index (κ3) is 5.75. The fourth-order valence-corrected chi connectivity index (χ4v) is 5.07. The van der Waals surface area contributed by atoms with Gasteiger partial charge in [-0.05, 0) is 12.8 Å². The zero-order valence-corrected chi connectivity index (χ0v) is 19.0. The molecule has 11 heteroatoms. The molecule has 0 spiro atoms. The van der Waals surface area contributed by atoms with Crippen LogP contribution >= 0.6 is 11.6 Å². The third-order valence-electron chi connectivity index (χ3n) is 5.95. The first kappa shape index (κ1) is 23.1. The van der Waals surface area contributed by atoms with E-state index in [0.29, 0.717) is 17.6 Å². The first-order valence-electron chi connectivity index (χ1n) is 10.1. The van der Waals surface area contributed by atoms with E-state index in [-0.39, 0.29) is 17.2 Å². The molecule has 0 amide bonds. The molecular formula is C19H29ClN4O5S. The Balaban J connectivity index is 1.54. The van der Waals surface area contributed by atoms with Crippen LogP contribution in [0.1, 0.15) is 12.8 Å². The monoisotopic (exact) mass is 460 g/mol. The van der Waals surface area contributed by atoms with Gasteiger partial charge in [0.25, 0.3) is 0 Å². The lowest BCUT2D eigenvalue weighted by Gasteiger charge is -2.43. The maximum absolute atomic E-state index is 11.4. The second-order valence-electron chi connectivity index (χ2n) is 7.96. The van der Waals surface area contributed by atoms with Crippen molar-refractivity contribution in [2.24, 2.45) is 0 Å². The van der Waals surface area contributed by atoms with E-state index >= 15 is 0 Å². The number of nitro benzene ring substituents is 1. The molecule has 2 fully saturated rings. The van der Waals surface area contributed by atoms with Gasteiger partial charge in [0.1, 0.15) is 9.84 Å². The highest BCUT2D eigenvalue weighted by Crippen LogP contribution is 2.38. The molecule has 1 aromatic rings. The van der Waals surface area contributed by atoms with E-state index in [1.807, 2.05) is 0 Å². The summed E-state index contributed by atoms with van der Waals surface area (Å²) in [4.78, 5) is 17.5. The van der Waals surface area contributed by atoms with Crippen LogP contribution in [0.2, 0.25) is 5.02 Å². The highest BCUT2D eigenvalue weighted by atomic mass is 35.5. The molecule has 30 heavy (non-hydrogen) atoms. The number of halogens is 1. The number of benzene rings is 1. The van der Waals surface area contributed by atoms with Gasteiger partial charge in [-0.2, -0.15) is 0 Å². The van der Waals surface area contributed by atoms with E-state index in [4.69, 9.17) is 16.3 Å². The number of anilines is 1. The van der Waals surface area contributed by atoms with E-state index in [1.54, 1.807) is 6.07 Å². The molecular weight excluding hydrogens is 432 g/mol. The predicted molar refractivity (Wildman–Crippen MR) is 118 cm³/mol. The van der Waals surface area contributed by atoms with Crippen LogP contribution in [0.15, 0.2) is 12.1 Å². The summed E-state index contributed by atoms with van der Waals surface area (Å²) in [6.07, 6.45) is 3.25. The van der Waals surface area contributed by atoms with Crippen LogP contribution < -0.4 is 9.64 Å². The zero-order chi connectivity index (χ0) is 21.9. The SMILES string of the molecule is COc1cc(N2CCC(N3CCN(CCS(C)(=O)=O)CC3)CC2)c(Cl)cc1[N+](=O)[O-]. The Morgan fingerprint density at radius 1 is 1.17 bits per heavy atom. The second-order valence-corrected chi connectivity index (χ2v) is 10.6. The smallest absolute Gasteiger partial charge is 0.312 e. The Hall–Kier alpha value is -1.62. The molecule has 0 unspecified atom stereocenters. The van der Waals surface area contributed by atoms with Crippen LogP contribution in [-0.4, -0.2) is 94.1 Å². The fraction of sp³-hybridized carbons (Fsp3) is 0.684. The number of sulfone groups is 1. The number of rotatable bonds is 7. The lowest BCUT2D eigenvalue weighted by molar-refractivity contribution is -0.385. The molecule has 2 saturated heterocycles. The van der Waals surface area contributed by atoms with Crippen molar-refractivity contribution in [1.29, 1.82) is 0 Å². The lowest BCUT2D eigenvalue weighted by atomic mass is 10.0. The number of piperidine rings is 1. The Kier molecular flexibility index (Phi) is 7.43. The Labute approximate surface area is 182 Å². The number of methoxy groups -OCH3 is 1. The maximum Gasteiger partial charge on any atom is 0.312 e. The van der Waals surface area contributed by atoms with Crippen molar-refractivity contribution in [2.75, 3.05) is 69.8 Å². The Morgan fingerprint density at radius 2 is 1.80 bits per heavy atom. The van der Waals surface area contributed by atoms with Gasteiger partial charge in [0.15, 0.2) is 5.75 Å². The topological polar surface area (TPSA) is 96.2 Å². The van der Waals surface area contributed by atoms with Crippen LogP contribution in [-0.2, 0) is 9.84 Å². The average Bonchev–Trinajstić information content (AvgIpc) is 2.72. The first-order chi connectivity index (χ1) is 14.2. The zero-order valence-electron chi connectivity index (χ0n) is 17.4. The van der Waals surface area contributed by atoms with E-state index in [2.05, 4.69) is 14.7 Å². The summed E-state index contributed by atoms with van der Waals surface area (Å²) in [7, 11) is -1.51. The number of nitrogens with zero attached hydrogens (tertiary/aromatic N) is 4. The molecule has 0 radical (unpaired) electrons. The summed E-state index contributed by atoms with van der Waals surface area (Å²) in [5.74, 6) is 0.428. The quantitative estimate of drug-likeness (QED) is 0.449. The van der Waals surface area contributed by atoms with Crippen molar-refractivity contribution >= 4 is 32.8 Å². The molecule has 0 aliphatic carbocycles. The molecule has 1 aromatic carbocycles. The molecule has 0 atom stereocenters. The molecule has 168 valence electrons. The molecule has 0 N–H and O–H groups in total. The van der Waals surface area contributed by atoms with Gasteiger partial charge in [-0.25, -0.2) is 8.42 Å². The minimum atomic E-state index is -2.92. The number of ether oxygens (including phenoxy) is 1. The van der Waals surface area contributed by atoms with Crippen LogP contribution in [0.3, 0.4) is 0 Å². The Morgan fingerprint density at radius 3 is 2.33 bits per heavy atom. The number of hydrogen-bond acceptors (Lipinski definition) is 8. The van der Waals surface area contributed by atoms with Crippen LogP contribution in [0.25, 0.3) is 0 Å². The van der Waals surface area contributed by atoms with Crippen LogP contribution in [0.4, 0.5) is 11.4 Å². The summed E-state index contributed by atoms with van der Waals surface area (Å²) in [5.41, 5.74) is 0.637. The largest absolute Gasteiger partial charge is 0.490 e. The minimum absolute atomic E-state index is 0.130. The van der Waals surface area contributed by atoms with Gasteiger partial charge in [0.05, 0.1) is 28.5 Å². The second kappa shape index (κ2) is 9.67. The molecule has 2 aliphatic heterocycles. The highest BCUT2D eigenvalue weighted by Gasteiger charge is 2.29. The fourth-order valence-electron chi connectivity index (χ4n) is 4.20. The van der Waals surface area contributed by atoms with Gasteiger partial charge in [0.2, 0.25) is 0 Å². The van der Waals surface area contributed by atoms with Crippen LogP contribution in [0.5, 0.6) is 5.75 Å². The van der Waals surface area contributed by atoms with Crippen molar-refractivity contribution in [3.8, 4) is 5.75 Å². The molecule has 3 rings (SSSR count). The number of piperazine rings is 1. The van der Waals surface area contributed by atoms with Crippen molar-refractivity contribution < 1.29 is 18.1 Å². The van der Waals surface area contributed by atoms with Gasteiger partial charge in [0, 0.05) is 70.2 Å². The van der Waals surface area contributed by atoms with Crippen molar-refractivity contribution in [3.63, 3.8) is 0 Å². The van der Waals surface area contributed by atoms with E-state index in [1.165, 1.54) is 19.4 Å². The minimum Gasteiger partial charge on any atom is -0.490 e. The normalized spacial score (nSPS) is 19.8. The molecule has 0 aromatic heterocycles.